The average Bonchev–Trinajstić information content (AvgIpc) is 3.24. The van der Waals surface area contributed by atoms with Crippen LogP contribution in [0.4, 0.5) is 5.82 Å². The maximum Gasteiger partial charge on any atom is 0.256 e. The Balaban J connectivity index is 1.60. The lowest BCUT2D eigenvalue weighted by atomic mass is 9.89. The van der Waals surface area contributed by atoms with E-state index in [1.165, 1.54) is 0 Å². The first-order chi connectivity index (χ1) is 15.5. The minimum Gasteiger partial charge on any atom is -0.368 e. The molecule has 3 heterocycles. The van der Waals surface area contributed by atoms with Gasteiger partial charge in [-0.25, -0.2) is 14.6 Å². The molecule has 0 radical (unpaired) electrons. The summed E-state index contributed by atoms with van der Waals surface area (Å²) in [6.45, 7) is 7.31. The Kier molecular flexibility index (Phi) is 6.17. The highest BCUT2D eigenvalue weighted by atomic mass is 16.2. The average molecular weight is 430 g/mol. The number of benzene rings is 1. The predicted octanol–water partition coefficient (Wildman–Crippen LogP) is 3.50. The van der Waals surface area contributed by atoms with E-state index in [1.54, 1.807) is 29.3 Å². The van der Waals surface area contributed by atoms with E-state index >= 15 is 0 Å². The van der Waals surface area contributed by atoms with Crippen molar-refractivity contribution in [3.8, 4) is 11.8 Å². The molecular formula is C24H27N7O. The van der Waals surface area contributed by atoms with E-state index in [1.807, 2.05) is 36.9 Å². The molecule has 0 aliphatic carbocycles. The second-order valence-corrected chi connectivity index (χ2v) is 8.37. The Bertz CT molecular complexity index is 1150. The third-order valence-corrected chi connectivity index (χ3v) is 6.00. The summed E-state index contributed by atoms with van der Waals surface area (Å²) >= 11 is 0. The predicted molar refractivity (Wildman–Crippen MR) is 121 cm³/mol. The minimum atomic E-state index is 0.00277. The molecule has 1 unspecified atom stereocenters. The van der Waals surface area contributed by atoms with Crippen molar-refractivity contribution in [1.29, 1.82) is 5.26 Å². The summed E-state index contributed by atoms with van der Waals surface area (Å²) in [5.41, 5.74) is 2.91. The second-order valence-electron chi connectivity index (χ2n) is 8.37. The Morgan fingerprint density at radius 2 is 2.09 bits per heavy atom. The highest BCUT2D eigenvalue weighted by Gasteiger charge is 2.33. The number of hydrogen-bond donors (Lipinski definition) is 1. The van der Waals surface area contributed by atoms with Crippen molar-refractivity contribution in [2.75, 3.05) is 18.4 Å². The number of hydrogen-bond acceptors (Lipinski definition) is 6. The van der Waals surface area contributed by atoms with Crippen LogP contribution in [0.3, 0.4) is 0 Å². The van der Waals surface area contributed by atoms with Crippen LogP contribution in [-0.4, -0.2) is 49.7 Å². The Labute approximate surface area is 187 Å². The number of amides is 1. The van der Waals surface area contributed by atoms with Gasteiger partial charge in [-0.3, -0.25) is 4.79 Å². The molecule has 164 valence electrons. The van der Waals surface area contributed by atoms with Gasteiger partial charge in [-0.1, -0.05) is 18.6 Å². The number of nitriles is 1. The lowest BCUT2D eigenvalue weighted by Crippen LogP contribution is -2.51. The number of nitrogens with zero attached hydrogens (tertiary/aromatic N) is 6. The molecule has 4 rings (SSSR count). The standard InChI is InChI=1S/C24H27N7O/c1-16-6-8-21(31-15-28-18(3)29-31)20(11-16)24(32)30-10-4-5-17(2)22(30)14-27-23-9-7-19(12-25)13-26-23/h6-9,11,13,15,17,22H,4-5,10,14H2,1-3H3,(H,26,27)/t17-,22?/m1/s1. The molecule has 1 aromatic carbocycles. The number of nitrogens with one attached hydrogen (secondary N) is 1. The zero-order valence-corrected chi connectivity index (χ0v) is 18.6. The molecule has 1 N–H and O–H groups in total. The normalized spacial score (nSPS) is 18.2. The van der Waals surface area contributed by atoms with E-state index in [-0.39, 0.29) is 11.9 Å². The fourth-order valence-corrected chi connectivity index (χ4v) is 4.22. The number of carbonyl (C=O) groups is 1. The van der Waals surface area contributed by atoms with Gasteiger partial charge in [-0.2, -0.15) is 10.4 Å². The molecule has 32 heavy (non-hydrogen) atoms. The SMILES string of the molecule is Cc1ccc(-n2cnc(C)n2)c(C(=O)N2CCC[C@@H](C)C2CNc2ccc(C#N)cn2)c1. The van der Waals surface area contributed by atoms with Gasteiger partial charge in [0.25, 0.3) is 5.91 Å². The number of pyridine rings is 1. The first-order valence-corrected chi connectivity index (χ1v) is 10.9. The number of aryl methyl sites for hydroxylation is 2. The third kappa shape index (κ3) is 4.47. The van der Waals surface area contributed by atoms with Crippen LogP contribution in [0.5, 0.6) is 0 Å². The molecule has 3 aromatic rings. The summed E-state index contributed by atoms with van der Waals surface area (Å²) in [5, 5.41) is 16.7. The molecule has 2 aromatic heterocycles. The van der Waals surface area contributed by atoms with Gasteiger partial charge in [0.1, 0.15) is 24.0 Å². The fraction of sp³-hybridized carbons (Fsp3) is 0.375. The molecule has 0 bridgehead atoms. The van der Waals surface area contributed by atoms with Gasteiger partial charge >= 0.3 is 0 Å². The Morgan fingerprint density at radius 3 is 2.78 bits per heavy atom. The van der Waals surface area contributed by atoms with Gasteiger partial charge in [-0.15, -0.1) is 0 Å². The van der Waals surface area contributed by atoms with Crippen LogP contribution in [0.2, 0.25) is 0 Å². The van der Waals surface area contributed by atoms with E-state index in [9.17, 15) is 4.79 Å². The number of likely N-dealkylation sites (tertiary alicyclic amines) is 1. The van der Waals surface area contributed by atoms with Crippen molar-refractivity contribution in [1.82, 2.24) is 24.6 Å². The van der Waals surface area contributed by atoms with Crippen molar-refractivity contribution in [2.24, 2.45) is 5.92 Å². The van der Waals surface area contributed by atoms with Crippen LogP contribution in [0.1, 0.15) is 47.1 Å². The van der Waals surface area contributed by atoms with Crippen LogP contribution in [0, 0.1) is 31.1 Å². The van der Waals surface area contributed by atoms with Gasteiger partial charge in [-0.05, 0) is 56.9 Å². The van der Waals surface area contributed by atoms with E-state index in [0.29, 0.717) is 41.8 Å². The molecule has 2 atom stereocenters. The smallest absolute Gasteiger partial charge is 0.256 e. The molecule has 1 aliphatic heterocycles. The fourth-order valence-electron chi connectivity index (χ4n) is 4.22. The molecule has 0 saturated carbocycles. The van der Waals surface area contributed by atoms with Crippen molar-refractivity contribution < 1.29 is 4.79 Å². The zero-order chi connectivity index (χ0) is 22.7. The Morgan fingerprint density at radius 1 is 1.25 bits per heavy atom. The monoisotopic (exact) mass is 429 g/mol. The summed E-state index contributed by atoms with van der Waals surface area (Å²) in [4.78, 5) is 24.3. The zero-order valence-electron chi connectivity index (χ0n) is 18.6. The molecule has 8 nitrogen and oxygen atoms in total. The number of piperidine rings is 1. The summed E-state index contributed by atoms with van der Waals surface area (Å²) < 4.78 is 1.67. The van der Waals surface area contributed by atoms with Crippen molar-refractivity contribution >= 4 is 11.7 Å². The number of aromatic nitrogens is 4. The van der Waals surface area contributed by atoms with Gasteiger partial charge in [0, 0.05) is 19.3 Å². The topological polar surface area (TPSA) is 99.7 Å². The maximum absolute atomic E-state index is 13.8. The van der Waals surface area contributed by atoms with E-state index in [2.05, 4.69) is 33.4 Å². The molecule has 1 aliphatic rings. The largest absolute Gasteiger partial charge is 0.368 e. The number of anilines is 1. The molecular weight excluding hydrogens is 402 g/mol. The Hall–Kier alpha value is -3.73. The lowest BCUT2D eigenvalue weighted by Gasteiger charge is -2.40. The molecule has 1 amide bonds. The van der Waals surface area contributed by atoms with Gasteiger partial charge < -0.3 is 10.2 Å². The van der Waals surface area contributed by atoms with Crippen LogP contribution >= 0.6 is 0 Å². The van der Waals surface area contributed by atoms with Crippen LogP contribution in [0.25, 0.3) is 5.69 Å². The van der Waals surface area contributed by atoms with Gasteiger partial charge in [0.05, 0.1) is 22.9 Å². The van der Waals surface area contributed by atoms with Gasteiger partial charge in [0.15, 0.2) is 0 Å². The van der Waals surface area contributed by atoms with Gasteiger partial charge in [0.2, 0.25) is 0 Å². The molecule has 0 spiro atoms. The van der Waals surface area contributed by atoms with E-state index < -0.39 is 0 Å². The summed E-state index contributed by atoms with van der Waals surface area (Å²) in [7, 11) is 0. The summed E-state index contributed by atoms with van der Waals surface area (Å²) in [5.74, 6) is 1.71. The molecule has 8 heteroatoms. The highest BCUT2D eigenvalue weighted by molar-refractivity contribution is 5.98. The van der Waals surface area contributed by atoms with E-state index in [4.69, 9.17) is 5.26 Å². The summed E-state index contributed by atoms with van der Waals surface area (Å²) in [6, 6.07) is 11.5. The van der Waals surface area contributed by atoms with Crippen LogP contribution in [0.15, 0.2) is 42.9 Å². The highest BCUT2D eigenvalue weighted by Crippen LogP contribution is 2.27. The van der Waals surface area contributed by atoms with Crippen molar-refractivity contribution in [3.05, 3.63) is 65.4 Å². The first kappa shape index (κ1) is 21.5. The van der Waals surface area contributed by atoms with Crippen molar-refractivity contribution in [2.45, 2.75) is 39.7 Å². The minimum absolute atomic E-state index is 0.00277. The first-order valence-electron chi connectivity index (χ1n) is 10.9. The van der Waals surface area contributed by atoms with Crippen LogP contribution < -0.4 is 5.32 Å². The van der Waals surface area contributed by atoms with Crippen LogP contribution in [-0.2, 0) is 0 Å². The lowest BCUT2D eigenvalue weighted by molar-refractivity contribution is 0.0540. The summed E-state index contributed by atoms with van der Waals surface area (Å²) in [6.07, 6.45) is 5.24. The number of rotatable bonds is 5. The quantitative estimate of drug-likeness (QED) is 0.666. The number of carbonyl (C=O) groups excluding carboxylic acids is 1. The second kappa shape index (κ2) is 9.18. The maximum atomic E-state index is 13.8. The molecule has 1 fully saturated rings. The third-order valence-electron chi connectivity index (χ3n) is 6.00. The van der Waals surface area contributed by atoms with Crippen molar-refractivity contribution in [3.63, 3.8) is 0 Å². The van der Waals surface area contributed by atoms with E-state index in [0.717, 1.165) is 24.1 Å². The molecule has 1 saturated heterocycles.